The van der Waals surface area contributed by atoms with Crippen molar-refractivity contribution in [2.45, 2.75) is 109 Å². The molecule has 0 aliphatic heterocycles. The van der Waals surface area contributed by atoms with Gasteiger partial charge in [-0.05, 0) is 25.7 Å². The molecule has 0 aliphatic carbocycles. The molecule has 0 aromatic carbocycles. The van der Waals surface area contributed by atoms with Crippen molar-refractivity contribution in [3.63, 3.8) is 0 Å². The number of aliphatic hydroxyl groups excluding tert-OH is 2. The average Bonchev–Trinajstić information content (AvgIpc) is 2.68. The molecule has 5 heteroatoms. The lowest BCUT2D eigenvalue weighted by Gasteiger charge is -2.19. The number of rotatable bonds is 19. The normalized spacial score (nSPS) is 14.7. The van der Waals surface area contributed by atoms with E-state index in [-0.39, 0.29) is 17.8 Å². The van der Waals surface area contributed by atoms with Crippen molar-refractivity contribution in [3.05, 3.63) is 0 Å². The molecule has 0 saturated carbocycles. The van der Waals surface area contributed by atoms with Gasteiger partial charge in [-0.1, -0.05) is 78.1 Å². The number of carbonyl (C=O) groups excluding carboxylic acids is 1. The molecule has 2 N–H and O–H groups in total. The van der Waals surface area contributed by atoms with E-state index in [2.05, 4.69) is 13.8 Å². The standard InChI is InChI=1S/C22H44O4S/c1-4-6-8-10-11-13-15-20(14-12-9-7-5-2)17-26-22(25)19(3)27-18-21(24)16-23/h19-21,23-24H,4-18H2,1-3H3. The SMILES string of the molecule is CCCCCCCCC(CCCCCC)COC(=O)C(C)SCC(O)CO. The Morgan fingerprint density at radius 1 is 0.926 bits per heavy atom. The van der Waals surface area contributed by atoms with Crippen molar-refractivity contribution in [3.8, 4) is 0 Å². The molecule has 0 rings (SSSR count). The van der Waals surface area contributed by atoms with E-state index in [1.165, 1.54) is 76.0 Å². The predicted molar refractivity (Wildman–Crippen MR) is 116 cm³/mol. The first-order valence-electron chi connectivity index (χ1n) is 11.1. The van der Waals surface area contributed by atoms with Crippen LogP contribution < -0.4 is 0 Å². The minimum atomic E-state index is -0.774. The maximum atomic E-state index is 12.2. The molecule has 27 heavy (non-hydrogen) atoms. The van der Waals surface area contributed by atoms with Crippen LogP contribution in [0.25, 0.3) is 0 Å². The molecule has 0 aromatic rings. The van der Waals surface area contributed by atoms with E-state index < -0.39 is 6.10 Å². The lowest BCUT2D eigenvalue weighted by molar-refractivity contribution is -0.144. The summed E-state index contributed by atoms with van der Waals surface area (Å²) < 4.78 is 5.58. The number of carbonyl (C=O) groups is 1. The summed E-state index contributed by atoms with van der Waals surface area (Å²) in [6.07, 6.45) is 14.3. The van der Waals surface area contributed by atoms with Crippen LogP contribution in [-0.4, -0.2) is 46.5 Å². The van der Waals surface area contributed by atoms with E-state index in [1.807, 2.05) is 0 Å². The van der Waals surface area contributed by atoms with E-state index in [0.717, 1.165) is 12.8 Å². The molecule has 0 aromatic heterocycles. The molecule has 0 saturated heterocycles. The zero-order valence-corrected chi connectivity index (χ0v) is 18.8. The van der Waals surface area contributed by atoms with Crippen molar-refractivity contribution in [2.24, 2.45) is 5.92 Å². The van der Waals surface area contributed by atoms with E-state index in [9.17, 15) is 9.90 Å². The summed E-state index contributed by atoms with van der Waals surface area (Å²) in [5.74, 6) is 0.620. The quantitative estimate of drug-likeness (QED) is 0.225. The monoisotopic (exact) mass is 404 g/mol. The maximum Gasteiger partial charge on any atom is 0.318 e. The topological polar surface area (TPSA) is 66.8 Å². The highest BCUT2D eigenvalue weighted by atomic mass is 32.2. The number of hydrogen-bond acceptors (Lipinski definition) is 5. The summed E-state index contributed by atoms with van der Waals surface area (Å²) in [6, 6.07) is 0. The molecule has 3 unspecified atom stereocenters. The van der Waals surface area contributed by atoms with Crippen molar-refractivity contribution >= 4 is 17.7 Å². The van der Waals surface area contributed by atoms with Crippen LogP contribution in [0.4, 0.5) is 0 Å². The van der Waals surface area contributed by atoms with E-state index in [4.69, 9.17) is 9.84 Å². The molecule has 0 aliphatic rings. The van der Waals surface area contributed by atoms with Gasteiger partial charge >= 0.3 is 5.97 Å². The first kappa shape index (κ1) is 26.7. The smallest absolute Gasteiger partial charge is 0.318 e. The van der Waals surface area contributed by atoms with Gasteiger partial charge in [-0.3, -0.25) is 4.79 Å². The number of esters is 1. The highest BCUT2D eigenvalue weighted by Gasteiger charge is 2.19. The van der Waals surface area contributed by atoms with Gasteiger partial charge in [-0.25, -0.2) is 0 Å². The highest BCUT2D eigenvalue weighted by Crippen LogP contribution is 2.21. The van der Waals surface area contributed by atoms with E-state index >= 15 is 0 Å². The van der Waals surface area contributed by atoms with Gasteiger partial charge in [0, 0.05) is 5.75 Å². The van der Waals surface area contributed by atoms with Gasteiger partial charge < -0.3 is 14.9 Å². The van der Waals surface area contributed by atoms with Crippen LogP contribution >= 0.6 is 11.8 Å². The summed E-state index contributed by atoms with van der Waals surface area (Å²) >= 11 is 1.34. The van der Waals surface area contributed by atoms with Gasteiger partial charge in [0.15, 0.2) is 0 Å². The van der Waals surface area contributed by atoms with Crippen molar-refractivity contribution in [2.75, 3.05) is 19.0 Å². The molecular formula is C22H44O4S. The number of thioether (sulfide) groups is 1. The third-order valence-corrected chi connectivity index (χ3v) is 6.24. The number of ether oxygens (including phenoxy) is 1. The summed E-state index contributed by atoms with van der Waals surface area (Å²) in [4.78, 5) is 12.2. The second-order valence-electron chi connectivity index (χ2n) is 7.71. The van der Waals surface area contributed by atoms with Gasteiger partial charge in [0.1, 0.15) is 0 Å². The largest absolute Gasteiger partial charge is 0.465 e. The Balaban J connectivity index is 4.16. The van der Waals surface area contributed by atoms with Crippen LogP contribution in [-0.2, 0) is 9.53 Å². The molecule has 0 heterocycles. The molecule has 162 valence electrons. The Morgan fingerprint density at radius 2 is 1.44 bits per heavy atom. The molecule has 0 radical (unpaired) electrons. The van der Waals surface area contributed by atoms with Crippen molar-refractivity contribution < 1.29 is 19.7 Å². The summed E-state index contributed by atoms with van der Waals surface area (Å²) in [6.45, 7) is 6.52. The minimum Gasteiger partial charge on any atom is -0.465 e. The predicted octanol–water partition coefficient (Wildman–Crippen LogP) is 5.34. The average molecular weight is 405 g/mol. The molecule has 0 bridgehead atoms. The van der Waals surface area contributed by atoms with Crippen LogP contribution in [0.2, 0.25) is 0 Å². The third kappa shape index (κ3) is 16.4. The Morgan fingerprint density at radius 3 is 2.00 bits per heavy atom. The van der Waals surface area contributed by atoms with Gasteiger partial charge in [-0.15, -0.1) is 11.8 Å². The Kier molecular flexibility index (Phi) is 18.9. The van der Waals surface area contributed by atoms with Gasteiger partial charge in [0.2, 0.25) is 0 Å². The van der Waals surface area contributed by atoms with Gasteiger partial charge in [0.25, 0.3) is 0 Å². The van der Waals surface area contributed by atoms with Crippen molar-refractivity contribution in [1.82, 2.24) is 0 Å². The molecule has 0 spiro atoms. The first-order chi connectivity index (χ1) is 13.0. The summed E-state index contributed by atoms with van der Waals surface area (Å²) in [7, 11) is 0. The summed E-state index contributed by atoms with van der Waals surface area (Å²) in [5.41, 5.74) is 0. The lowest BCUT2D eigenvalue weighted by atomic mass is 9.95. The maximum absolute atomic E-state index is 12.2. The van der Waals surface area contributed by atoms with E-state index in [0.29, 0.717) is 18.3 Å². The number of unbranched alkanes of at least 4 members (excludes halogenated alkanes) is 8. The Bertz CT molecular complexity index is 338. The highest BCUT2D eigenvalue weighted by molar-refractivity contribution is 8.00. The van der Waals surface area contributed by atoms with Crippen molar-refractivity contribution in [1.29, 1.82) is 0 Å². The van der Waals surface area contributed by atoms with Crippen LogP contribution in [0.1, 0.15) is 97.8 Å². The van der Waals surface area contributed by atoms with E-state index in [1.54, 1.807) is 6.92 Å². The number of hydrogen-bond donors (Lipinski definition) is 2. The zero-order chi connectivity index (χ0) is 20.3. The zero-order valence-electron chi connectivity index (χ0n) is 18.0. The van der Waals surface area contributed by atoms with Crippen LogP contribution in [0, 0.1) is 5.92 Å². The van der Waals surface area contributed by atoms with Gasteiger partial charge in [0.05, 0.1) is 24.6 Å². The van der Waals surface area contributed by atoms with Gasteiger partial charge in [-0.2, -0.15) is 0 Å². The number of aliphatic hydroxyl groups is 2. The molecule has 0 amide bonds. The molecule has 0 fully saturated rings. The molecular weight excluding hydrogens is 360 g/mol. The lowest BCUT2D eigenvalue weighted by Crippen LogP contribution is -2.24. The fourth-order valence-corrected chi connectivity index (χ4v) is 3.90. The fraction of sp³-hybridized carbons (Fsp3) is 0.955. The second kappa shape index (κ2) is 19.1. The molecule has 3 atom stereocenters. The fourth-order valence-electron chi connectivity index (χ4n) is 3.08. The van der Waals surface area contributed by atoms with Crippen LogP contribution in [0.3, 0.4) is 0 Å². The minimum absolute atomic E-state index is 0.202. The Labute approximate surface area is 171 Å². The molecule has 4 nitrogen and oxygen atoms in total. The second-order valence-corrected chi connectivity index (χ2v) is 9.09. The van der Waals surface area contributed by atoms with Crippen LogP contribution in [0.5, 0.6) is 0 Å². The Hall–Kier alpha value is -0.260. The summed E-state index contributed by atoms with van der Waals surface area (Å²) in [5, 5.41) is 17.9. The third-order valence-electron chi connectivity index (χ3n) is 4.97. The van der Waals surface area contributed by atoms with Crippen LogP contribution in [0.15, 0.2) is 0 Å². The first-order valence-corrected chi connectivity index (χ1v) is 12.2.